The van der Waals surface area contributed by atoms with Gasteiger partial charge in [-0.25, -0.2) is 17.3 Å². The van der Waals surface area contributed by atoms with Crippen molar-refractivity contribution >= 4 is 22.7 Å². The molecule has 1 aliphatic heterocycles. The van der Waals surface area contributed by atoms with Crippen LogP contribution in [0.2, 0.25) is 0 Å². The fourth-order valence-corrected chi connectivity index (χ4v) is 5.75. The molecule has 0 bridgehead atoms. The predicted octanol–water partition coefficient (Wildman–Crippen LogP) is 5.36. The minimum atomic E-state index is -1.41. The Morgan fingerprint density at radius 3 is 2.38 bits per heavy atom. The number of hydrogen-bond donors (Lipinski definition) is 2. The van der Waals surface area contributed by atoms with E-state index in [9.17, 15) is 22.6 Å². The molecule has 6 nitrogen and oxygen atoms in total. The first-order valence-corrected chi connectivity index (χ1v) is 14.7. The standard InChI is InChI=1S/C24H31N3O3S.C7H6F2/c1-3-13-27-17-22(28)21-10-9-20(15-23(21)31(27)30)24(29)26-12-6-11-25-16-19-8-5-7-18(4-2)14-19;1-5-2-6(8)4-7(9)3-5/h5,7-10,14-15,25H,3-4,6,11-13,16-17H2,1-2H3,(H,26,29);2-4H,1H3. The minimum absolute atomic E-state index is 0.0504. The SMILES string of the molecule is CCCN1CC(=O)c2ccc(C(=O)NCCCNCc3cccc(CC)c3)cc2S1=O.Cc1cc(F)cc(F)c1. The highest BCUT2D eigenvalue weighted by Crippen LogP contribution is 2.24. The molecule has 4 rings (SSSR count). The maximum absolute atomic E-state index is 12.8. The molecule has 0 spiro atoms. The van der Waals surface area contributed by atoms with Gasteiger partial charge >= 0.3 is 0 Å². The quantitative estimate of drug-likeness (QED) is 0.322. The van der Waals surface area contributed by atoms with Crippen molar-refractivity contribution in [3.63, 3.8) is 0 Å². The van der Waals surface area contributed by atoms with Gasteiger partial charge in [0.05, 0.1) is 11.4 Å². The highest BCUT2D eigenvalue weighted by molar-refractivity contribution is 7.83. The van der Waals surface area contributed by atoms with Crippen molar-refractivity contribution in [2.45, 2.75) is 51.5 Å². The lowest BCUT2D eigenvalue weighted by atomic mass is 10.1. The number of fused-ring (bicyclic) bond motifs is 1. The molecule has 1 aliphatic rings. The van der Waals surface area contributed by atoms with Gasteiger partial charge in [-0.1, -0.05) is 38.1 Å². The summed E-state index contributed by atoms with van der Waals surface area (Å²) >= 11 is 0. The molecule has 1 amide bonds. The van der Waals surface area contributed by atoms with Crippen LogP contribution in [0.5, 0.6) is 0 Å². The van der Waals surface area contributed by atoms with E-state index < -0.39 is 22.6 Å². The Balaban J connectivity index is 0.000000415. The van der Waals surface area contributed by atoms with Crippen LogP contribution in [0.15, 0.2) is 65.6 Å². The summed E-state index contributed by atoms with van der Waals surface area (Å²) in [6, 6.07) is 16.8. The summed E-state index contributed by atoms with van der Waals surface area (Å²) < 4.78 is 38.8. The summed E-state index contributed by atoms with van der Waals surface area (Å²) in [7, 11) is -1.41. The van der Waals surface area contributed by atoms with E-state index in [0.29, 0.717) is 34.7 Å². The minimum Gasteiger partial charge on any atom is -0.352 e. The van der Waals surface area contributed by atoms with Gasteiger partial charge in [-0.05, 0) is 79.8 Å². The molecule has 0 saturated carbocycles. The number of rotatable bonds is 10. The number of ketones is 1. The summed E-state index contributed by atoms with van der Waals surface area (Å²) in [6.07, 6.45) is 2.65. The monoisotopic (exact) mass is 569 g/mol. The first kappa shape index (κ1) is 31.3. The van der Waals surface area contributed by atoms with Gasteiger partial charge in [-0.2, -0.15) is 0 Å². The fourth-order valence-electron chi connectivity index (χ4n) is 4.29. The van der Waals surface area contributed by atoms with Gasteiger partial charge in [0.15, 0.2) is 5.78 Å². The Morgan fingerprint density at radius 2 is 1.70 bits per heavy atom. The van der Waals surface area contributed by atoms with Crippen molar-refractivity contribution in [3.05, 3.63) is 100 Å². The molecule has 1 heterocycles. The molecule has 9 heteroatoms. The van der Waals surface area contributed by atoms with Crippen LogP contribution in [0.25, 0.3) is 0 Å². The molecule has 1 unspecified atom stereocenters. The van der Waals surface area contributed by atoms with Crippen molar-refractivity contribution in [3.8, 4) is 0 Å². The fraction of sp³-hybridized carbons (Fsp3) is 0.355. The smallest absolute Gasteiger partial charge is 0.251 e. The second kappa shape index (κ2) is 15.5. The third kappa shape index (κ3) is 9.15. The van der Waals surface area contributed by atoms with E-state index in [1.165, 1.54) is 23.3 Å². The average molecular weight is 570 g/mol. The van der Waals surface area contributed by atoms with Gasteiger partial charge < -0.3 is 10.6 Å². The van der Waals surface area contributed by atoms with Gasteiger partial charge in [-0.15, -0.1) is 0 Å². The van der Waals surface area contributed by atoms with Crippen molar-refractivity contribution < 1.29 is 22.6 Å². The summed E-state index contributed by atoms with van der Waals surface area (Å²) in [6.45, 7) is 8.67. The average Bonchev–Trinajstić information content (AvgIpc) is 2.93. The first-order chi connectivity index (χ1) is 19.2. The Kier molecular flexibility index (Phi) is 12.1. The van der Waals surface area contributed by atoms with Crippen molar-refractivity contribution in [2.24, 2.45) is 0 Å². The Labute approximate surface area is 237 Å². The van der Waals surface area contributed by atoms with E-state index in [4.69, 9.17) is 0 Å². The molecule has 0 aliphatic carbocycles. The third-order valence-corrected chi connectivity index (χ3v) is 7.81. The molecule has 0 radical (unpaired) electrons. The van der Waals surface area contributed by atoms with E-state index in [1.807, 2.05) is 6.92 Å². The zero-order valence-corrected chi connectivity index (χ0v) is 24.1. The number of hydrogen-bond acceptors (Lipinski definition) is 4. The van der Waals surface area contributed by atoms with Gasteiger partial charge in [0, 0.05) is 36.8 Å². The Morgan fingerprint density at radius 1 is 0.975 bits per heavy atom. The van der Waals surface area contributed by atoms with E-state index in [1.54, 1.807) is 29.4 Å². The molecule has 0 saturated heterocycles. The van der Waals surface area contributed by atoms with Crippen LogP contribution >= 0.6 is 0 Å². The van der Waals surface area contributed by atoms with Gasteiger partial charge in [0.25, 0.3) is 5.91 Å². The lowest BCUT2D eigenvalue weighted by Crippen LogP contribution is -2.38. The van der Waals surface area contributed by atoms with Crippen molar-refractivity contribution in [1.29, 1.82) is 0 Å². The number of benzene rings is 3. The topological polar surface area (TPSA) is 78.5 Å². The van der Waals surface area contributed by atoms with Crippen LogP contribution in [0, 0.1) is 18.6 Å². The van der Waals surface area contributed by atoms with Crippen LogP contribution in [-0.4, -0.2) is 46.4 Å². The normalized spacial score (nSPS) is 14.7. The highest BCUT2D eigenvalue weighted by Gasteiger charge is 2.29. The number of nitrogens with one attached hydrogen (secondary N) is 2. The number of Topliss-reactive ketones (excluding diaryl/α,β-unsaturated/α-hetero) is 1. The first-order valence-electron chi connectivity index (χ1n) is 13.5. The molecule has 40 heavy (non-hydrogen) atoms. The number of carbonyl (C=O) groups is 2. The van der Waals surface area contributed by atoms with Crippen LogP contribution < -0.4 is 10.6 Å². The lowest BCUT2D eigenvalue weighted by molar-refractivity contribution is 0.0942. The van der Waals surface area contributed by atoms with Crippen LogP contribution in [-0.2, 0) is 24.0 Å². The molecule has 1 atom stereocenters. The van der Waals surface area contributed by atoms with E-state index in [0.717, 1.165) is 38.4 Å². The maximum atomic E-state index is 12.8. The maximum Gasteiger partial charge on any atom is 0.251 e. The lowest BCUT2D eigenvalue weighted by Gasteiger charge is -2.26. The molecule has 3 aromatic carbocycles. The third-order valence-electron chi connectivity index (χ3n) is 6.31. The number of amides is 1. The molecular weight excluding hydrogens is 532 g/mol. The van der Waals surface area contributed by atoms with Crippen LogP contribution in [0.1, 0.15) is 64.1 Å². The molecule has 0 fully saturated rings. The number of nitrogens with zero attached hydrogens (tertiary/aromatic N) is 1. The molecule has 3 aromatic rings. The summed E-state index contributed by atoms with van der Waals surface area (Å²) in [4.78, 5) is 25.3. The number of carbonyl (C=O) groups excluding carboxylic acids is 2. The zero-order valence-electron chi connectivity index (χ0n) is 23.3. The molecular formula is C31H37F2N3O3S. The highest BCUT2D eigenvalue weighted by atomic mass is 32.2. The van der Waals surface area contributed by atoms with Crippen molar-refractivity contribution in [2.75, 3.05) is 26.2 Å². The van der Waals surface area contributed by atoms with Crippen LogP contribution in [0.3, 0.4) is 0 Å². The number of aryl methyl sites for hydroxylation is 2. The van der Waals surface area contributed by atoms with Gasteiger partial charge in [-0.3, -0.25) is 9.59 Å². The number of halogens is 2. The van der Waals surface area contributed by atoms with Gasteiger partial charge in [0.1, 0.15) is 22.6 Å². The summed E-state index contributed by atoms with van der Waals surface area (Å²) in [5, 5.41) is 6.31. The second-order valence-electron chi connectivity index (χ2n) is 9.65. The predicted molar refractivity (Wildman–Crippen MR) is 155 cm³/mol. The molecule has 214 valence electrons. The molecule has 2 N–H and O–H groups in total. The summed E-state index contributed by atoms with van der Waals surface area (Å²) in [5.41, 5.74) is 4.09. The largest absolute Gasteiger partial charge is 0.352 e. The van der Waals surface area contributed by atoms with Crippen LogP contribution in [0.4, 0.5) is 8.78 Å². The summed E-state index contributed by atoms with van der Waals surface area (Å²) in [5.74, 6) is -1.30. The zero-order chi connectivity index (χ0) is 29.1. The Bertz CT molecular complexity index is 1300. The second-order valence-corrected chi connectivity index (χ2v) is 11.1. The van der Waals surface area contributed by atoms with E-state index in [2.05, 4.69) is 41.8 Å². The molecule has 0 aromatic heterocycles. The van der Waals surface area contributed by atoms with Crippen molar-refractivity contribution in [1.82, 2.24) is 14.9 Å². The van der Waals surface area contributed by atoms with E-state index >= 15 is 0 Å². The van der Waals surface area contributed by atoms with Gasteiger partial charge in [0.2, 0.25) is 0 Å². The Hall–Kier alpha value is -3.27. The van der Waals surface area contributed by atoms with E-state index in [-0.39, 0.29) is 18.2 Å².